The second kappa shape index (κ2) is 5.59. The van der Waals surface area contributed by atoms with Crippen LogP contribution in [0.1, 0.15) is 32.1 Å². The van der Waals surface area contributed by atoms with Gasteiger partial charge in [-0.1, -0.05) is 31.4 Å². The van der Waals surface area contributed by atoms with Crippen LogP contribution in [-0.2, 0) is 10.3 Å². The summed E-state index contributed by atoms with van der Waals surface area (Å²) in [6, 6.07) is 6.13. The van der Waals surface area contributed by atoms with Crippen molar-refractivity contribution in [3.8, 4) is 0 Å². The maximum absolute atomic E-state index is 13.7. The molecule has 0 saturated heterocycles. The highest BCUT2D eigenvalue weighted by molar-refractivity contribution is 5.96. The summed E-state index contributed by atoms with van der Waals surface area (Å²) in [7, 11) is 0. The number of amides is 1. The van der Waals surface area contributed by atoms with Gasteiger partial charge in [-0.25, -0.2) is 9.07 Å². The number of carbonyl (C=O) groups is 1. The van der Waals surface area contributed by atoms with Gasteiger partial charge in [0.05, 0.1) is 5.69 Å². The van der Waals surface area contributed by atoms with E-state index in [4.69, 9.17) is 0 Å². The summed E-state index contributed by atoms with van der Waals surface area (Å²) >= 11 is 0. The largest absolute Gasteiger partial charge is 0.321 e. The molecule has 3 rings (SSSR count). The van der Waals surface area contributed by atoms with Crippen LogP contribution in [-0.4, -0.2) is 26.1 Å². The molecule has 1 aliphatic carbocycles. The lowest BCUT2D eigenvalue weighted by Gasteiger charge is -2.35. The predicted molar refractivity (Wildman–Crippen MR) is 73.9 cm³/mol. The molecule has 21 heavy (non-hydrogen) atoms. The van der Waals surface area contributed by atoms with E-state index in [1.807, 2.05) is 0 Å². The van der Waals surface area contributed by atoms with Gasteiger partial charge in [0.25, 0.3) is 5.91 Å². The Bertz CT molecular complexity index is 622. The van der Waals surface area contributed by atoms with Crippen molar-refractivity contribution in [1.29, 1.82) is 0 Å². The monoisotopic (exact) mass is 289 g/mol. The standard InChI is InChI=1S/C14H16FN5O/c15-11-6-2-3-7-12(11)17-13(21)14(8-4-1-5-9-14)20-10-16-18-19-20/h2-3,6-7,10H,1,4-5,8-9H2,(H,17,21). The summed E-state index contributed by atoms with van der Waals surface area (Å²) in [6.45, 7) is 0. The normalized spacial score (nSPS) is 17.4. The van der Waals surface area contributed by atoms with Crippen molar-refractivity contribution >= 4 is 11.6 Å². The van der Waals surface area contributed by atoms with Crippen LogP contribution in [0.5, 0.6) is 0 Å². The van der Waals surface area contributed by atoms with Gasteiger partial charge >= 0.3 is 0 Å². The van der Waals surface area contributed by atoms with E-state index in [1.165, 1.54) is 17.1 Å². The zero-order chi connectivity index (χ0) is 14.7. The van der Waals surface area contributed by atoms with Gasteiger partial charge in [-0.05, 0) is 35.4 Å². The first kappa shape index (κ1) is 13.7. The van der Waals surface area contributed by atoms with E-state index in [2.05, 4.69) is 20.8 Å². The van der Waals surface area contributed by atoms with Gasteiger partial charge < -0.3 is 5.32 Å². The number of nitrogens with one attached hydrogen (secondary N) is 1. The van der Waals surface area contributed by atoms with Crippen LogP contribution >= 0.6 is 0 Å². The van der Waals surface area contributed by atoms with E-state index in [0.29, 0.717) is 12.8 Å². The first-order valence-electron chi connectivity index (χ1n) is 7.02. The van der Waals surface area contributed by atoms with Gasteiger partial charge in [0.15, 0.2) is 0 Å². The summed E-state index contributed by atoms with van der Waals surface area (Å²) < 4.78 is 15.2. The fraction of sp³-hybridized carbons (Fsp3) is 0.429. The number of hydrogen-bond donors (Lipinski definition) is 1. The third-order valence-electron chi connectivity index (χ3n) is 4.01. The van der Waals surface area contributed by atoms with Crippen molar-refractivity contribution in [2.75, 3.05) is 5.32 Å². The number of anilines is 1. The molecular formula is C14H16FN5O. The number of carbonyl (C=O) groups excluding carboxylic acids is 1. The highest BCUT2D eigenvalue weighted by Gasteiger charge is 2.42. The average molecular weight is 289 g/mol. The van der Waals surface area contributed by atoms with Gasteiger partial charge in [0, 0.05) is 0 Å². The highest BCUT2D eigenvalue weighted by atomic mass is 19.1. The first-order chi connectivity index (χ1) is 10.2. The Morgan fingerprint density at radius 1 is 1.24 bits per heavy atom. The molecule has 0 unspecified atom stereocenters. The Hall–Kier alpha value is -2.31. The zero-order valence-electron chi connectivity index (χ0n) is 11.5. The van der Waals surface area contributed by atoms with E-state index in [1.54, 1.807) is 18.2 Å². The van der Waals surface area contributed by atoms with Crippen LogP contribution in [0.15, 0.2) is 30.6 Å². The second-order valence-corrected chi connectivity index (χ2v) is 5.28. The lowest BCUT2D eigenvalue weighted by Crippen LogP contribution is -2.47. The topological polar surface area (TPSA) is 72.7 Å². The second-order valence-electron chi connectivity index (χ2n) is 5.28. The molecule has 110 valence electrons. The van der Waals surface area contributed by atoms with Gasteiger partial charge in [0.2, 0.25) is 0 Å². The van der Waals surface area contributed by atoms with Crippen molar-refractivity contribution in [1.82, 2.24) is 20.2 Å². The molecule has 1 aromatic heterocycles. The maximum Gasteiger partial charge on any atom is 0.252 e. The SMILES string of the molecule is O=C(Nc1ccccc1F)C1(n2cnnn2)CCCCC1. The first-order valence-corrected chi connectivity index (χ1v) is 7.02. The molecule has 0 radical (unpaired) electrons. The Morgan fingerprint density at radius 3 is 2.67 bits per heavy atom. The van der Waals surface area contributed by atoms with Crippen LogP contribution in [0.3, 0.4) is 0 Å². The predicted octanol–water partition coefficient (Wildman–Crippen LogP) is 2.11. The van der Waals surface area contributed by atoms with Gasteiger partial charge in [-0.15, -0.1) is 5.10 Å². The molecule has 0 spiro atoms. The van der Waals surface area contributed by atoms with E-state index in [0.717, 1.165) is 19.3 Å². The Morgan fingerprint density at radius 2 is 2.00 bits per heavy atom. The summed E-state index contributed by atoms with van der Waals surface area (Å²) in [5, 5.41) is 13.8. The van der Waals surface area contributed by atoms with Gasteiger partial charge in [0.1, 0.15) is 17.7 Å². The molecule has 7 heteroatoms. The third kappa shape index (κ3) is 2.51. The Labute approximate surface area is 121 Å². The van der Waals surface area contributed by atoms with Gasteiger partial charge in [-0.3, -0.25) is 4.79 Å². The summed E-state index contributed by atoms with van der Waals surface area (Å²) in [5.74, 6) is -0.715. The van der Waals surface area contributed by atoms with E-state index >= 15 is 0 Å². The number of halogens is 1. The summed E-state index contributed by atoms with van der Waals surface area (Å²) in [6.07, 6.45) is 5.68. The van der Waals surface area contributed by atoms with Crippen molar-refractivity contribution in [3.05, 3.63) is 36.4 Å². The molecular weight excluding hydrogens is 273 g/mol. The molecule has 1 aromatic carbocycles. The fourth-order valence-electron chi connectivity index (χ4n) is 2.86. The molecule has 1 heterocycles. The van der Waals surface area contributed by atoms with Crippen LogP contribution in [0.2, 0.25) is 0 Å². The molecule has 1 saturated carbocycles. The number of nitrogens with zero attached hydrogens (tertiary/aromatic N) is 4. The van der Waals surface area contributed by atoms with E-state index in [-0.39, 0.29) is 11.6 Å². The van der Waals surface area contributed by atoms with Crippen molar-refractivity contribution in [3.63, 3.8) is 0 Å². The zero-order valence-corrected chi connectivity index (χ0v) is 11.5. The Balaban J connectivity index is 1.90. The third-order valence-corrected chi connectivity index (χ3v) is 4.01. The molecule has 0 aliphatic heterocycles. The minimum Gasteiger partial charge on any atom is -0.321 e. The van der Waals surface area contributed by atoms with Crippen LogP contribution < -0.4 is 5.32 Å². The van der Waals surface area contributed by atoms with Crippen molar-refractivity contribution < 1.29 is 9.18 Å². The molecule has 0 atom stereocenters. The maximum atomic E-state index is 13.7. The molecule has 2 aromatic rings. The summed E-state index contributed by atoms with van der Waals surface area (Å²) in [5.41, 5.74) is -0.648. The smallest absolute Gasteiger partial charge is 0.252 e. The van der Waals surface area contributed by atoms with E-state index < -0.39 is 11.4 Å². The lowest BCUT2D eigenvalue weighted by molar-refractivity contribution is -0.126. The molecule has 1 amide bonds. The van der Waals surface area contributed by atoms with Crippen LogP contribution in [0.25, 0.3) is 0 Å². The molecule has 1 fully saturated rings. The molecule has 1 N–H and O–H groups in total. The molecule has 0 bridgehead atoms. The van der Waals surface area contributed by atoms with Crippen LogP contribution in [0.4, 0.5) is 10.1 Å². The quantitative estimate of drug-likeness (QED) is 0.939. The summed E-state index contributed by atoms with van der Waals surface area (Å²) in [4.78, 5) is 12.7. The minimum absolute atomic E-state index is 0.181. The molecule has 6 nitrogen and oxygen atoms in total. The Kier molecular flexibility index (Phi) is 3.64. The lowest BCUT2D eigenvalue weighted by atomic mass is 9.81. The number of para-hydroxylation sites is 1. The number of benzene rings is 1. The fourth-order valence-corrected chi connectivity index (χ4v) is 2.86. The van der Waals surface area contributed by atoms with Gasteiger partial charge in [-0.2, -0.15) is 0 Å². The minimum atomic E-state index is -0.829. The highest BCUT2D eigenvalue weighted by Crippen LogP contribution is 2.35. The average Bonchev–Trinajstić information content (AvgIpc) is 3.05. The van der Waals surface area contributed by atoms with Crippen molar-refractivity contribution in [2.24, 2.45) is 0 Å². The van der Waals surface area contributed by atoms with E-state index in [9.17, 15) is 9.18 Å². The number of hydrogen-bond acceptors (Lipinski definition) is 4. The van der Waals surface area contributed by atoms with Crippen LogP contribution in [0, 0.1) is 5.82 Å². The number of tetrazole rings is 1. The number of aromatic nitrogens is 4. The van der Waals surface area contributed by atoms with Crippen molar-refractivity contribution in [2.45, 2.75) is 37.6 Å². The molecule has 1 aliphatic rings. The number of rotatable bonds is 3.